The Hall–Kier alpha value is -2.15. The fourth-order valence-electron chi connectivity index (χ4n) is 3.10. The van der Waals surface area contributed by atoms with Crippen LogP contribution in [-0.4, -0.2) is 48.5 Å². The maximum absolute atomic E-state index is 10.7. The van der Waals surface area contributed by atoms with Crippen LogP contribution in [0.2, 0.25) is 0 Å². The molecule has 0 aliphatic carbocycles. The Kier molecular flexibility index (Phi) is 8.89. The highest BCUT2D eigenvalue weighted by Gasteiger charge is 2.08. The van der Waals surface area contributed by atoms with E-state index in [-0.39, 0.29) is 10.6 Å². The summed E-state index contributed by atoms with van der Waals surface area (Å²) in [5.41, 5.74) is 1.06. The molecule has 0 radical (unpaired) electrons. The summed E-state index contributed by atoms with van der Waals surface area (Å²) in [6, 6.07) is 6.55. The predicted molar refractivity (Wildman–Crippen MR) is 105 cm³/mol. The van der Waals surface area contributed by atoms with E-state index in [9.17, 15) is 10.1 Å². The quantitative estimate of drug-likeness (QED) is 0.245. The molecule has 1 fully saturated rings. The summed E-state index contributed by atoms with van der Waals surface area (Å²) in [6.45, 7) is 7.83. The number of rotatable bonds is 8. The maximum Gasteiger partial charge on any atom is 0.269 e. The minimum atomic E-state index is -0.386. The first kappa shape index (κ1) is 20.2. The average Bonchev–Trinajstić information content (AvgIpc) is 2.92. The number of benzene rings is 1. The number of nitro benzene ring substituents is 1. The van der Waals surface area contributed by atoms with Crippen LogP contribution in [-0.2, 0) is 6.54 Å². The smallest absolute Gasteiger partial charge is 0.269 e. The molecule has 0 bridgehead atoms. The number of aliphatic imine (C=N–C) groups is 1. The number of nitrogens with one attached hydrogen (secondary N) is 2. The van der Waals surface area contributed by atoms with Gasteiger partial charge in [0.05, 0.1) is 11.5 Å². The second kappa shape index (κ2) is 11.5. The Bertz CT molecular complexity index is 566. The first-order valence-corrected chi connectivity index (χ1v) is 9.67. The molecule has 0 saturated carbocycles. The summed E-state index contributed by atoms with van der Waals surface area (Å²) < 4.78 is 0. The summed E-state index contributed by atoms with van der Waals surface area (Å²) in [4.78, 5) is 17.4. The lowest BCUT2D eigenvalue weighted by Gasteiger charge is -2.20. The lowest BCUT2D eigenvalue weighted by Crippen LogP contribution is -2.39. The summed E-state index contributed by atoms with van der Waals surface area (Å²) in [5.74, 6) is 0.793. The van der Waals surface area contributed by atoms with Gasteiger partial charge in [-0.1, -0.05) is 25.0 Å². The third kappa shape index (κ3) is 7.39. The molecule has 1 aliphatic rings. The van der Waals surface area contributed by atoms with Gasteiger partial charge < -0.3 is 15.5 Å². The molecule has 7 heteroatoms. The van der Waals surface area contributed by atoms with Crippen molar-refractivity contribution in [3.63, 3.8) is 0 Å². The summed E-state index contributed by atoms with van der Waals surface area (Å²) in [5, 5.41) is 17.3. The molecule has 2 rings (SSSR count). The van der Waals surface area contributed by atoms with Gasteiger partial charge in [-0.15, -0.1) is 0 Å². The molecular weight excluding hydrogens is 330 g/mol. The largest absolute Gasteiger partial charge is 0.357 e. The van der Waals surface area contributed by atoms with Gasteiger partial charge in [0, 0.05) is 25.2 Å². The van der Waals surface area contributed by atoms with Crippen LogP contribution in [0.15, 0.2) is 29.3 Å². The Morgan fingerprint density at radius 2 is 1.85 bits per heavy atom. The zero-order chi connectivity index (χ0) is 18.6. The van der Waals surface area contributed by atoms with Gasteiger partial charge in [0.2, 0.25) is 0 Å². The fourth-order valence-corrected chi connectivity index (χ4v) is 3.10. The Morgan fingerprint density at radius 3 is 2.46 bits per heavy atom. The van der Waals surface area contributed by atoms with Crippen LogP contribution >= 0.6 is 0 Å². The number of hydrogen-bond donors (Lipinski definition) is 2. The van der Waals surface area contributed by atoms with Crippen molar-refractivity contribution >= 4 is 11.6 Å². The molecule has 1 aliphatic heterocycles. The highest BCUT2D eigenvalue weighted by Crippen LogP contribution is 2.12. The molecule has 1 heterocycles. The van der Waals surface area contributed by atoms with Crippen molar-refractivity contribution in [1.82, 2.24) is 15.5 Å². The zero-order valence-electron chi connectivity index (χ0n) is 15.7. The second-order valence-corrected chi connectivity index (χ2v) is 6.65. The monoisotopic (exact) mass is 361 g/mol. The average molecular weight is 361 g/mol. The normalized spacial score (nSPS) is 16.1. The number of hydrogen-bond acceptors (Lipinski definition) is 4. The van der Waals surface area contributed by atoms with Crippen LogP contribution in [0.25, 0.3) is 0 Å². The van der Waals surface area contributed by atoms with Gasteiger partial charge in [0.15, 0.2) is 5.96 Å². The first-order chi connectivity index (χ1) is 12.7. The topological polar surface area (TPSA) is 82.8 Å². The fraction of sp³-hybridized carbons (Fsp3) is 0.632. The van der Waals surface area contributed by atoms with Gasteiger partial charge in [-0.25, -0.2) is 4.99 Å². The molecule has 26 heavy (non-hydrogen) atoms. The van der Waals surface area contributed by atoms with E-state index in [0.717, 1.165) is 37.6 Å². The molecule has 1 aromatic carbocycles. The van der Waals surface area contributed by atoms with E-state index in [1.165, 1.54) is 50.9 Å². The number of non-ortho nitro benzene ring substituents is 1. The third-order valence-electron chi connectivity index (χ3n) is 4.55. The molecule has 1 saturated heterocycles. The second-order valence-electron chi connectivity index (χ2n) is 6.65. The van der Waals surface area contributed by atoms with E-state index in [1.54, 1.807) is 12.1 Å². The third-order valence-corrected chi connectivity index (χ3v) is 4.55. The number of likely N-dealkylation sites (tertiary alicyclic amines) is 1. The molecule has 2 N–H and O–H groups in total. The zero-order valence-corrected chi connectivity index (χ0v) is 15.7. The predicted octanol–water partition coefficient (Wildman–Crippen LogP) is 2.92. The molecule has 1 aromatic rings. The van der Waals surface area contributed by atoms with E-state index in [2.05, 4.69) is 20.5 Å². The van der Waals surface area contributed by atoms with Crippen molar-refractivity contribution in [3.8, 4) is 0 Å². The number of guanidine groups is 1. The molecule has 0 amide bonds. The Balaban J connectivity index is 1.75. The molecule has 0 aromatic heterocycles. The van der Waals surface area contributed by atoms with Crippen molar-refractivity contribution in [3.05, 3.63) is 39.9 Å². The molecular formula is C19H31N5O2. The van der Waals surface area contributed by atoms with Crippen LogP contribution in [0, 0.1) is 10.1 Å². The van der Waals surface area contributed by atoms with Crippen molar-refractivity contribution in [2.75, 3.05) is 32.7 Å². The van der Waals surface area contributed by atoms with Crippen LogP contribution < -0.4 is 10.6 Å². The molecule has 0 spiro atoms. The van der Waals surface area contributed by atoms with Gasteiger partial charge >= 0.3 is 0 Å². The van der Waals surface area contributed by atoms with Crippen LogP contribution in [0.3, 0.4) is 0 Å². The van der Waals surface area contributed by atoms with Gasteiger partial charge in [0.25, 0.3) is 5.69 Å². The van der Waals surface area contributed by atoms with E-state index in [1.807, 2.05) is 6.92 Å². The van der Waals surface area contributed by atoms with Crippen molar-refractivity contribution < 1.29 is 4.92 Å². The minimum Gasteiger partial charge on any atom is -0.357 e. The van der Waals surface area contributed by atoms with Crippen LogP contribution in [0.1, 0.15) is 44.6 Å². The van der Waals surface area contributed by atoms with Crippen molar-refractivity contribution in [2.24, 2.45) is 4.99 Å². The van der Waals surface area contributed by atoms with E-state index < -0.39 is 0 Å². The van der Waals surface area contributed by atoms with E-state index in [0.29, 0.717) is 6.54 Å². The molecule has 144 valence electrons. The van der Waals surface area contributed by atoms with Gasteiger partial charge in [0.1, 0.15) is 0 Å². The highest BCUT2D eigenvalue weighted by atomic mass is 16.6. The minimum absolute atomic E-state index is 0.108. The van der Waals surface area contributed by atoms with Crippen molar-refractivity contribution in [2.45, 2.75) is 45.6 Å². The number of nitro groups is 1. The highest BCUT2D eigenvalue weighted by molar-refractivity contribution is 5.79. The molecule has 0 unspecified atom stereocenters. The van der Waals surface area contributed by atoms with Crippen LogP contribution in [0.5, 0.6) is 0 Å². The van der Waals surface area contributed by atoms with Crippen LogP contribution in [0.4, 0.5) is 5.69 Å². The standard InChI is InChI=1S/C19H31N5O2/c1-2-20-19(21-12-7-15-23-13-5-3-4-6-14-23)22-16-17-8-10-18(11-9-17)24(25)26/h8-11H,2-7,12-16H2,1H3,(H2,20,21,22). The Morgan fingerprint density at radius 1 is 1.15 bits per heavy atom. The summed E-state index contributed by atoms with van der Waals surface area (Å²) in [6.07, 6.45) is 6.49. The summed E-state index contributed by atoms with van der Waals surface area (Å²) >= 11 is 0. The van der Waals surface area contributed by atoms with E-state index >= 15 is 0 Å². The SMILES string of the molecule is CCNC(=NCc1ccc([N+](=O)[O-])cc1)NCCCN1CCCCCC1. The number of nitrogens with zero attached hydrogens (tertiary/aromatic N) is 3. The lowest BCUT2D eigenvalue weighted by atomic mass is 10.2. The maximum atomic E-state index is 10.7. The van der Waals surface area contributed by atoms with E-state index in [4.69, 9.17) is 0 Å². The molecule has 7 nitrogen and oxygen atoms in total. The van der Waals surface area contributed by atoms with Gasteiger partial charge in [-0.05, 0) is 51.4 Å². The molecule has 0 atom stereocenters. The van der Waals surface area contributed by atoms with Gasteiger partial charge in [-0.2, -0.15) is 0 Å². The lowest BCUT2D eigenvalue weighted by molar-refractivity contribution is -0.384. The van der Waals surface area contributed by atoms with Gasteiger partial charge in [-0.3, -0.25) is 10.1 Å². The van der Waals surface area contributed by atoms with Crippen molar-refractivity contribution in [1.29, 1.82) is 0 Å². The Labute approximate surface area is 156 Å². The summed E-state index contributed by atoms with van der Waals surface area (Å²) in [7, 11) is 0. The first-order valence-electron chi connectivity index (χ1n) is 9.67.